The Hall–Kier alpha value is -2.12. The fourth-order valence-electron chi connectivity index (χ4n) is 2.82. The van der Waals surface area contributed by atoms with Crippen molar-refractivity contribution in [3.8, 4) is 6.07 Å². The van der Waals surface area contributed by atoms with Gasteiger partial charge < -0.3 is 9.88 Å². The first-order valence-electron chi connectivity index (χ1n) is 6.80. The van der Waals surface area contributed by atoms with Gasteiger partial charge in [0, 0.05) is 35.1 Å². The number of benzene rings is 1. The summed E-state index contributed by atoms with van der Waals surface area (Å²) in [6, 6.07) is 7.73. The number of nitrogens with zero attached hydrogens (tertiary/aromatic N) is 2. The number of carbonyl (C=O) groups excluding carboxylic acids is 1. The molecule has 3 rings (SSSR count). The maximum Gasteiger partial charge on any atom is 0.166 e. The van der Waals surface area contributed by atoms with E-state index in [-0.39, 0.29) is 11.7 Å². The lowest BCUT2D eigenvalue weighted by Crippen LogP contribution is -2.17. The van der Waals surface area contributed by atoms with Crippen molar-refractivity contribution in [3.63, 3.8) is 0 Å². The van der Waals surface area contributed by atoms with E-state index in [1.807, 2.05) is 32.3 Å². The number of H-pyrrole nitrogens is 1. The highest BCUT2D eigenvalue weighted by Gasteiger charge is 2.43. The van der Waals surface area contributed by atoms with Gasteiger partial charge in [-0.15, -0.1) is 0 Å². The summed E-state index contributed by atoms with van der Waals surface area (Å²) in [6.45, 7) is 0.965. The third kappa shape index (κ3) is 2.21. The van der Waals surface area contributed by atoms with Crippen molar-refractivity contribution >= 4 is 16.7 Å². The van der Waals surface area contributed by atoms with Crippen molar-refractivity contribution in [1.82, 2.24) is 9.88 Å². The SMILES string of the molecule is CN(C)C[C@H]1C[C@@H]1C(=O)c1ccc2[nH]cc(C#N)c2c1. The van der Waals surface area contributed by atoms with Crippen LogP contribution in [-0.2, 0) is 0 Å². The Labute approximate surface area is 118 Å². The summed E-state index contributed by atoms with van der Waals surface area (Å²) in [6.07, 6.45) is 2.66. The molecule has 1 aromatic carbocycles. The van der Waals surface area contributed by atoms with Crippen molar-refractivity contribution in [3.05, 3.63) is 35.5 Å². The summed E-state index contributed by atoms with van der Waals surface area (Å²) in [5.41, 5.74) is 2.22. The molecule has 102 valence electrons. The predicted molar refractivity (Wildman–Crippen MR) is 77.5 cm³/mol. The summed E-state index contributed by atoms with van der Waals surface area (Å²) in [4.78, 5) is 17.6. The standard InChI is InChI=1S/C16H17N3O/c1-19(2)9-11-6-14(11)16(20)10-3-4-15-13(5-10)12(7-17)8-18-15/h3-5,8,11,14,18H,6,9H2,1-2H3/t11-,14+/m1/s1. The molecule has 1 N–H and O–H groups in total. The van der Waals surface area contributed by atoms with E-state index in [1.165, 1.54) is 0 Å². The van der Waals surface area contributed by atoms with Gasteiger partial charge in [-0.3, -0.25) is 4.79 Å². The first-order valence-corrected chi connectivity index (χ1v) is 6.80. The minimum absolute atomic E-state index is 0.152. The average molecular weight is 267 g/mol. The highest BCUT2D eigenvalue weighted by molar-refractivity contribution is 6.03. The number of nitrogens with one attached hydrogen (secondary N) is 1. The van der Waals surface area contributed by atoms with Crippen molar-refractivity contribution in [1.29, 1.82) is 5.26 Å². The zero-order chi connectivity index (χ0) is 14.3. The molecular formula is C16H17N3O. The fraction of sp³-hybridized carbons (Fsp3) is 0.375. The van der Waals surface area contributed by atoms with Crippen molar-refractivity contribution in [2.75, 3.05) is 20.6 Å². The molecule has 4 nitrogen and oxygen atoms in total. The summed E-state index contributed by atoms with van der Waals surface area (Å²) in [5.74, 6) is 0.845. The minimum atomic E-state index is 0.152. The number of Topliss-reactive ketones (excluding diaryl/α,β-unsaturated/α-hetero) is 1. The van der Waals surface area contributed by atoms with E-state index < -0.39 is 0 Å². The van der Waals surface area contributed by atoms with E-state index in [4.69, 9.17) is 5.26 Å². The van der Waals surface area contributed by atoms with E-state index in [2.05, 4.69) is 16.0 Å². The fourth-order valence-corrected chi connectivity index (χ4v) is 2.82. The lowest BCUT2D eigenvalue weighted by atomic mass is 10.0. The second-order valence-corrected chi connectivity index (χ2v) is 5.80. The molecule has 2 aromatic rings. The number of hydrogen-bond acceptors (Lipinski definition) is 3. The van der Waals surface area contributed by atoms with Gasteiger partial charge in [0.1, 0.15) is 6.07 Å². The molecule has 0 amide bonds. The quantitative estimate of drug-likeness (QED) is 0.865. The Morgan fingerprint density at radius 2 is 2.30 bits per heavy atom. The number of carbonyl (C=O) groups is 1. The molecular weight excluding hydrogens is 250 g/mol. The van der Waals surface area contributed by atoms with E-state index in [9.17, 15) is 4.79 Å². The van der Waals surface area contributed by atoms with Gasteiger partial charge in [-0.05, 0) is 44.6 Å². The van der Waals surface area contributed by atoms with Crippen molar-refractivity contribution < 1.29 is 4.79 Å². The molecule has 1 fully saturated rings. The van der Waals surface area contributed by atoms with Crippen LogP contribution in [0.3, 0.4) is 0 Å². The van der Waals surface area contributed by atoms with Crippen LogP contribution in [0.5, 0.6) is 0 Å². The first-order chi connectivity index (χ1) is 9.60. The minimum Gasteiger partial charge on any atom is -0.360 e. The predicted octanol–water partition coefficient (Wildman–Crippen LogP) is 2.42. The normalized spacial score (nSPS) is 21.1. The molecule has 1 aliphatic carbocycles. The van der Waals surface area contributed by atoms with Crippen molar-refractivity contribution in [2.45, 2.75) is 6.42 Å². The Morgan fingerprint density at radius 1 is 1.50 bits per heavy atom. The van der Waals surface area contributed by atoms with Gasteiger partial charge in [0.15, 0.2) is 5.78 Å². The maximum atomic E-state index is 12.5. The molecule has 0 spiro atoms. The van der Waals surface area contributed by atoms with Crippen LogP contribution in [0.2, 0.25) is 0 Å². The van der Waals surface area contributed by atoms with Gasteiger partial charge >= 0.3 is 0 Å². The summed E-state index contributed by atoms with van der Waals surface area (Å²) in [7, 11) is 4.07. The third-order valence-corrected chi connectivity index (χ3v) is 3.95. The van der Waals surface area contributed by atoms with Crippen LogP contribution in [0, 0.1) is 23.2 Å². The van der Waals surface area contributed by atoms with E-state index in [0.717, 1.165) is 29.4 Å². The number of aromatic nitrogens is 1. The van der Waals surface area contributed by atoms with Gasteiger partial charge in [0.2, 0.25) is 0 Å². The Morgan fingerprint density at radius 3 is 3.00 bits per heavy atom. The van der Waals surface area contributed by atoms with Crippen LogP contribution in [0.1, 0.15) is 22.3 Å². The molecule has 0 aliphatic heterocycles. The van der Waals surface area contributed by atoms with Gasteiger partial charge in [-0.25, -0.2) is 0 Å². The molecule has 2 atom stereocenters. The summed E-state index contributed by atoms with van der Waals surface area (Å²) >= 11 is 0. The molecule has 1 aliphatic rings. The average Bonchev–Trinajstić information content (AvgIpc) is 3.05. The van der Waals surface area contributed by atoms with Crippen LogP contribution < -0.4 is 0 Å². The van der Waals surface area contributed by atoms with Crippen LogP contribution in [-0.4, -0.2) is 36.3 Å². The van der Waals surface area contributed by atoms with Gasteiger partial charge in [0.25, 0.3) is 0 Å². The molecule has 1 saturated carbocycles. The zero-order valence-electron chi connectivity index (χ0n) is 11.7. The number of fused-ring (bicyclic) bond motifs is 1. The first kappa shape index (κ1) is 12.9. The monoisotopic (exact) mass is 267 g/mol. The Bertz CT molecular complexity index is 708. The maximum absolute atomic E-state index is 12.5. The Kier molecular flexibility index (Phi) is 3.07. The largest absolute Gasteiger partial charge is 0.360 e. The molecule has 0 radical (unpaired) electrons. The van der Waals surface area contributed by atoms with Crippen molar-refractivity contribution in [2.24, 2.45) is 11.8 Å². The van der Waals surface area contributed by atoms with E-state index in [0.29, 0.717) is 11.5 Å². The highest BCUT2D eigenvalue weighted by atomic mass is 16.1. The zero-order valence-corrected chi connectivity index (χ0v) is 11.7. The van der Waals surface area contributed by atoms with Gasteiger partial charge in [-0.2, -0.15) is 5.26 Å². The molecule has 4 heteroatoms. The number of aromatic amines is 1. The number of hydrogen-bond donors (Lipinski definition) is 1. The molecule has 0 saturated heterocycles. The topological polar surface area (TPSA) is 59.9 Å². The lowest BCUT2D eigenvalue weighted by Gasteiger charge is -2.08. The lowest BCUT2D eigenvalue weighted by molar-refractivity contribution is 0.0959. The molecule has 1 aromatic heterocycles. The second-order valence-electron chi connectivity index (χ2n) is 5.80. The van der Waals surface area contributed by atoms with Gasteiger partial charge in [0.05, 0.1) is 5.56 Å². The summed E-state index contributed by atoms with van der Waals surface area (Å²) in [5, 5.41) is 9.89. The van der Waals surface area contributed by atoms with E-state index >= 15 is 0 Å². The van der Waals surface area contributed by atoms with Crippen LogP contribution in [0.15, 0.2) is 24.4 Å². The van der Waals surface area contributed by atoms with Crippen LogP contribution in [0.25, 0.3) is 10.9 Å². The number of ketones is 1. The second kappa shape index (κ2) is 4.77. The smallest absolute Gasteiger partial charge is 0.166 e. The Balaban J connectivity index is 1.84. The van der Waals surface area contributed by atoms with Crippen LogP contribution in [0.4, 0.5) is 0 Å². The molecule has 20 heavy (non-hydrogen) atoms. The van der Waals surface area contributed by atoms with E-state index in [1.54, 1.807) is 6.20 Å². The molecule has 1 heterocycles. The van der Waals surface area contributed by atoms with Gasteiger partial charge in [-0.1, -0.05) is 0 Å². The number of nitriles is 1. The van der Waals surface area contributed by atoms with Crippen LogP contribution >= 0.6 is 0 Å². The molecule has 0 unspecified atom stereocenters. The molecule has 0 bridgehead atoms. The third-order valence-electron chi connectivity index (χ3n) is 3.95. The summed E-state index contributed by atoms with van der Waals surface area (Å²) < 4.78 is 0. The highest BCUT2D eigenvalue weighted by Crippen LogP contribution is 2.41. The number of rotatable bonds is 4.